The van der Waals surface area contributed by atoms with Crippen LogP contribution in [0, 0.1) is 24.7 Å². The number of rotatable bonds is 11. The number of ether oxygens (including phenoxy) is 1. The van der Waals surface area contributed by atoms with Crippen molar-refractivity contribution in [3.8, 4) is 28.8 Å². The molecule has 5 aromatic heterocycles. The molecule has 0 spiro atoms. The molecule has 2 aliphatic heterocycles. The molecular weight excluding hydrogens is 873 g/mol. The fourth-order valence-corrected chi connectivity index (χ4v) is 8.98. The van der Waals surface area contributed by atoms with Crippen molar-refractivity contribution in [3.05, 3.63) is 105 Å². The number of nitrogens with two attached hydrogens (primary N) is 1. The quantitative estimate of drug-likeness (QED) is 0.167. The second kappa shape index (κ2) is 19.9. The fourth-order valence-electron chi connectivity index (χ4n) is 8.35. The maximum absolute atomic E-state index is 13.7. The van der Waals surface area contributed by atoms with E-state index in [-0.39, 0.29) is 25.0 Å². The molecule has 0 aliphatic carbocycles. The number of benzene rings is 2. The molecule has 7 aromatic rings. The minimum atomic E-state index is -3.20. The van der Waals surface area contributed by atoms with Crippen LogP contribution in [0.15, 0.2) is 85.9 Å². The summed E-state index contributed by atoms with van der Waals surface area (Å²) in [6, 6.07) is 18.8. The zero-order valence-electron chi connectivity index (χ0n) is 38.7. The van der Waals surface area contributed by atoms with Crippen molar-refractivity contribution in [3.63, 3.8) is 0 Å². The van der Waals surface area contributed by atoms with E-state index in [1.807, 2.05) is 57.2 Å². The van der Waals surface area contributed by atoms with Crippen LogP contribution in [0.3, 0.4) is 0 Å². The molecule has 67 heavy (non-hydrogen) atoms. The third-order valence-electron chi connectivity index (χ3n) is 12.1. The predicted octanol–water partition coefficient (Wildman–Crippen LogP) is 5.10. The Bertz CT molecular complexity index is 3180. The van der Waals surface area contributed by atoms with Crippen LogP contribution in [-0.2, 0) is 30.0 Å². The number of para-hydroxylation sites is 1. The third kappa shape index (κ3) is 10.4. The lowest BCUT2D eigenvalue weighted by atomic mass is 9.98. The molecule has 0 saturated carbocycles. The minimum absolute atomic E-state index is 0.0306. The van der Waals surface area contributed by atoms with Gasteiger partial charge in [0.15, 0.2) is 26.8 Å². The van der Waals surface area contributed by atoms with Gasteiger partial charge in [-0.15, -0.1) is 5.92 Å². The molecule has 2 fully saturated rings. The fraction of sp³-hybridized carbons (Fsp3) is 0.417. The summed E-state index contributed by atoms with van der Waals surface area (Å²) in [5.74, 6) is 9.14. The molecular formula is C48H56N12O6S. The van der Waals surface area contributed by atoms with Gasteiger partial charge in [0.1, 0.15) is 11.6 Å². The smallest absolute Gasteiger partial charge is 0.332 e. The van der Waals surface area contributed by atoms with Crippen molar-refractivity contribution >= 4 is 43.9 Å². The van der Waals surface area contributed by atoms with E-state index in [0.29, 0.717) is 52.9 Å². The first kappa shape index (κ1) is 46.6. The number of aromatic nitrogens is 9. The highest BCUT2D eigenvalue weighted by molar-refractivity contribution is 7.90. The molecule has 1 atom stereocenters. The average Bonchev–Trinajstić information content (AvgIpc) is 3.98. The van der Waals surface area contributed by atoms with Gasteiger partial charge < -0.3 is 24.8 Å². The van der Waals surface area contributed by atoms with Crippen molar-refractivity contribution in [2.45, 2.75) is 83.3 Å². The van der Waals surface area contributed by atoms with E-state index < -0.39 is 21.1 Å². The van der Waals surface area contributed by atoms with E-state index in [2.05, 4.69) is 46.7 Å². The molecule has 2 saturated heterocycles. The van der Waals surface area contributed by atoms with Gasteiger partial charge in [-0.05, 0) is 75.8 Å². The molecule has 2 N–H and O–H groups in total. The first-order chi connectivity index (χ1) is 32.2. The number of sulfone groups is 1. The molecule has 2 aliphatic rings. The van der Waals surface area contributed by atoms with Crippen molar-refractivity contribution in [1.29, 1.82) is 0 Å². The summed E-state index contributed by atoms with van der Waals surface area (Å²) < 4.78 is 38.9. The number of imidazole rings is 1. The summed E-state index contributed by atoms with van der Waals surface area (Å²) >= 11 is 0. The van der Waals surface area contributed by atoms with Gasteiger partial charge in [-0.2, -0.15) is 9.97 Å². The van der Waals surface area contributed by atoms with Crippen LogP contribution in [0.5, 0.6) is 5.75 Å². The predicted molar refractivity (Wildman–Crippen MR) is 257 cm³/mol. The molecule has 18 nitrogen and oxygen atoms in total. The van der Waals surface area contributed by atoms with Crippen molar-refractivity contribution in [2.75, 3.05) is 48.8 Å². The minimum Gasteiger partial charge on any atom is -0.492 e. The zero-order valence-corrected chi connectivity index (χ0v) is 39.5. The van der Waals surface area contributed by atoms with Gasteiger partial charge in [0.05, 0.1) is 42.0 Å². The molecule has 19 heteroatoms. The number of hydrogen-bond acceptors (Lipinski definition) is 15. The van der Waals surface area contributed by atoms with Gasteiger partial charge in [0.25, 0.3) is 5.56 Å². The van der Waals surface area contributed by atoms with Gasteiger partial charge in [-0.1, -0.05) is 55.3 Å². The number of aryl methyl sites for hydroxylation is 2. The second-order valence-electron chi connectivity index (χ2n) is 17.4. The monoisotopic (exact) mass is 928 g/mol. The molecule has 0 unspecified atom stereocenters. The summed E-state index contributed by atoms with van der Waals surface area (Å²) in [7, 11) is -1.58. The molecule has 9 rings (SSSR count). The Morgan fingerprint density at radius 3 is 2.36 bits per heavy atom. The normalized spacial score (nSPS) is 15.7. The van der Waals surface area contributed by atoms with Crippen LogP contribution in [-0.4, -0.2) is 97.3 Å². The number of pyridine rings is 1. The number of piperidine rings is 2. The van der Waals surface area contributed by atoms with E-state index in [1.54, 1.807) is 49.0 Å². The van der Waals surface area contributed by atoms with Crippen LogP contribution < -0.4 is 31.5 Å². The first-order valence-electron chi connectivity index (χ1n) is 22.5. The molecule has 7 heterocycles. The van der Waals surface area contributed by atoms with E-state index >= 15 is 0 Å². The van der Waals surface area contributed by atoms with Crippen LogP contribution in [0.2, 0.25) is 0 Å². The highest BCUT2D eigenvalue weighted by Crippen LogP contribution is 2.27. The summed E-state index contributed by atoms with van der Waals surface area (Å²) in [6.45, 7) is 11.8. The number of nitrogens with zero attached hydrogens (tertiary/aromatic N) is 11. The largest absolute Gasteiger partial charge is 0.492 e. The number of anilines is 2. The topological polar surface area (TPSA) is 215 Å². The van der Waals surface area contributed by atoms with Gasteiger partial charge in [0.2, 0.25) is 5.95 Å². The van der Waals surface area contributed by atoms with Gasteiger partial charge in [-0.25, -0.2) is 23.2 Å². The second-order valence-corrected chi connectivity index (χ2v) is 19.4. The molecule has 350 valence electrons. The van der Waals surface area contributed by atoms with Crippen LogP contribution in [0.4, 0.5) is 12.0 Å². The number of fused-ring (bicyclic) bond motifs is 2. The molecule has 0 amide bonds. The Labute approximate surface area is 388 Å². The Hall–Kier alpha value is -6.91. The van der Waals surface area contributed by atoms with E-state index in [0.717, 1.165) is 84.7 Å². The highest BCUT2D eigenvalue weighted by Gasteiger charge is 2.27. The Morgan fingerprint density at radius 1 is 0.925 bits per heavy atom. The summed E-state index contributed by atoms with van der Waals surface area (Å²) in [4.78, 5) is 54.4. The maximum Gasteiger partial charge on any atom is 0.332 e. The van der Waals surface area contributed by atoms with Gasteiger partial charge in [0, 0.05) is 68.1 Å². The molecule has 0 bridgehead atoms. The van der Waals surface area contributed by atoms with Crippen LogP contribution >= 0.6 is 0 Å². The zero-order chi connectivity index (χ0) is 47.4. The maximum atomic E-state index is 13.7. The van der Waals surface area contributed by atoms with Crippen molar-refractivity contribution in [2.24, 2.45) is 18.7 Å². The lowest BCUT2D eigenvalue weighted by molar-refractivity contribution is 0.219. The number of hydrogen-bond donors (Lipinski definition) is 1. The van der Waals surface area contributed by atoms with Gasteiger partial charge in [-0.3, -0.25) is 23.5 Å². The summed E-state index contributed by atoms with van der Waals surface area (Å²) in [5.41, 5.74) is 9.17. The molecule has 2 aromatic carbocycles. The highest BCUT2D eigenvalue weighted by atomic mass is 32.2. The lowest BCUT2D eigenvalue weighted by Gasteiger charge is -2.31. The first-order valence-corrected chi connectivity index (χ1v) is 24.4. The van der Waals surface area contributed by atoms with Crippen molar-refractivity contribution < 1.29 is 17.7 Å². The Kier molecular flexibility index (Phi) is 13.8. The standard InChI is InChI=1S/C25H28N8O2.C23H28N4O4S/c1-4-5-13-32-21-22(29-24(32)31-12-8-9-17(26)14-31)30(3)25(35)33(23(21)34)15-20-27-16(2)18-10-6-7-11-19(18)28-20;1-16(2)22-25-23(31-26-22)27-12-10-17(11-13-27)15-30-19-6-9-21(24-14-19)18-4-7-20(8-5-18)32(3,28)29/h6-7,10-11,17H,8-9,12-15,26H2,1-3H3;4-9,14,16-17H,10-13,15H2,1-3H3/t17-;/m1./s1. The van der Waals surface area contributed by atoms with E-state index in [4.69, 9.17) is 20.0 Å². The Morgan fingerprint density at radius 2 is 1.69 bits per heavy atom. The van der Waals surface area contributed by atoms with Crippen LogP contribution in [0.1, 0.15) is 69.7 Å². The Balaban J connectivity index is 0.000000182. The average molecular weight is 929 g/mol. The van der Waals surface area contributed by atoms with Crippen molar-refractivity contribution in [1.82, 2.24) is 43.8 Å². The summed E-state index contributed by atoms with van der Waals surface area (Å²) in [6.07, 6.45) is 6.79. The van der Waals surface area contributed by atoms with Crippen LogP contribution in [0.25, 0.3) is 33.3 Å². The van der Waals surface area contributed by atoms with E-state index in [9.17, 15) is 18.0 Å². The molecule has 0 radical (unpaired) electrons. The summed E-state index contributed by atoms with van der Waals surface area (Å²) in [5, 5.41) is 4.98. The lowest BCUT2D eigenvalue weighted by Crippen LogP contribution is -2.44. The third-order valence-corrected chi connectivity index (χ3v) is 13.3. The SMILES string of the molecule is CC#CCn1c(N2CCC[C@@H](N)C2)nc2c1c(=O)n(Cc1nc(C)c3ccccc3n1)c(=O)n2C.CC(C)c1noc(N2CCC(COc3ccc(-c4ccc(S(C)(=O)=O)cc4)nc3)CC2)n1. The van der Waals surface area contributed by atoms with E-state index in [1.165, 1.54) is 15.4 Å². The van der Waals surface area contributed by atoms with Gasteiger partial charge >= 0.3 is 11.7 Å².